The first-order valence-corrected chi connectivity index (χ1v) is 15.3. The summed E-state index contributed by atoms with van der Waals surface area (Å²) in [5.74, 6) is 0. The van der Waals surface area contributed by atoms with Gasteiger partial charge in [0.05, 0.1) is 16.9 Å². The van der Waals surface area contributed by atoms with Crippen molar-refractivity contribution in [3.8, 4) is 6.07 Å². The molecule has 0 radical (unpaired) electrons. The van der Waals surface area contributed by atoms with Crippen LogP contribution in [0.5, 0.6) is 0 Å². The van der Waals surface area contributed by atoms with Crippen LogP contribution in [0.1, 0.15) is 101 Å². The molecule has 2 aliphatic rings. The predicted octanol–water partition coefficient (Wildman–Crippen LogP) is 9.85. The summed E-state index contributed by atoms with van der Waals surface area (Å²) in [4.78, 5) is 2.38. The Hall–Kier alpha value is -2.53. The Balaban J connectivity index is 0.00000155. The van der Waals surface area contributed by atoms with Gasteiger partial charge in [-0.05, 0) is 86.6 Å². The molecule has 0 bridgehead atoms. The molecule has 0 aromatic heterocycles. The molecule has 0 spiro atoms. The van der Waals surface area contributed by atoms with E-state index in [1.807, 2.05) is 18.2 Å². The van der Waals surface area contributed by atoms with Gasteiger partial charge in [-0.2, -0.15) is 31.6 Å². The molecule has 2 aromatic rings. The predicted molar refractivity (Wildman–Crippen MR) is 155 cm³/mol. The zero-order valence-electron chi connectivity index (χ0n) is 25.1. The minimum atomic E-state index is -4.49. The molecule has 1 atom stereocenters. The molecular formula is C34H44F6N2. The maximum absolute atomic E-state index is 14.5. The van der Waals surface area contributed by atoms with Crippen LogP contribution < -0.4 is 0 Å². The average Bonchev–Trinajstić information content (AvgIpc) is 2.86. The molecule has 2 fully saturated rings. The van der Waals surface area contributed by atoms with E-state index < -0.39 is 23.2 Å². The fourth-order valence-corrected chi connectivity index (χ4v) is 6.86. The van der Waals surface area contributed by atoms with Crippen LogP contribution in [0.3, 0.4) is 0 Å². The highest BCUT2D eigenvalue weighted by Gasteiger charge is 2.63. The SMILES string of the molecule is CC#N.CCCN(CCc1ccccc1)C(CC)CCc1c(C2(C(F)(F)F)CCC2)cccc1C1(C(F)(F)F)CCC1. The van der Waals surface area contributed by atoms with Gasteiger partial charge in [0, 0.05) is 19.5 Å². The lowest BCUT2D eigenvalue weighted by molar-refractivity contribution is -0.215. The van der Waals surface area contributed by atoms with Crippen molar-refractivity contribution in [2.24, 2.45) is 0 Å². The summed E-state index contributed by atoms with van der Waals surface area (Å²) in [5.41, 5.74) is -2.36. The van der Waals surface area contributed by atoms with Crippen LogP contribution in [-0.4, -0.2) is 36.4 Å². The molecule has 2 aliphatic carbocycles. The number of halogens is 6. The molecule has 0 N–H and O–H groups in total. The fraction of sp³-hybridized carbons (Fsp3) is 0.618. The van der Waals surface area contributed by atoms with Gasteiger partial charge in [-0.25, -0.2) is 0 Å². The number of alkyl halides is 6. The highest BCUT2D eigenvalue weighted by molar-refractivity contribution is 5.48. The van der Waals surface area contributed by atoms with Crippen LogP contribution >= 0.6 is 0 Å². The van der Waals surface area contributed by atoms with Gasteiger partial charge in [0.1, 0.15) is 0 Å². The van der Waals surface area contributed by atoms with Gasteiger partial charge in [-0.3, -0.25) is 0 Å². The second kappa shape index (κ2) is 14.3. The van der Waals surface area contributed by atoms with Crippen molar-refractivity contribution in [1.29, 1.82) is 5.26 Å². The number of hydrogen-bond donors (Lipinski definition) is 0. The van der Waals surface area contributed by atoms with Crippen LogP contribution in [0.25, 0.3) is 0 Å². The van der Waals surface area contributed by atoms with E-state index in [2.05, 4.69) is 30.9 Å². The normalized spacial score (nSPS) is 18.2. The standard InChI is InChI=1S/C32H41F6N.C2H3N/c1-3-22-39(23-17-24-11-6-5-7-12-24)25(4-2)15-16-26-27(29(18-9-19-29)31(33,34)35)13-8-14-28(26)30(20-10-21-30)32(36,37)38;1-2-3/h5-8,11-14,25H,3-4,9-10,15-23H2,1-2H3;1H3. The lowest BCUT2D eigenvalue weighted by atomic mass is 9.58. The summed E-state index contributed by atoms with van der Waals surface area (Å²) >= 11 is 0. The molecular weight excluding hydrogens is 550 g/mol. The Morgan fingerprint density at radius 3 is 1.67 bits per heavy atom. The van der Waals surface area contributed by atoms with Gasteiger partial charge >= 0.3 is 12.4 Å². The number of hydrogen-bond acceptors (Lipinski definition) is 2. The third-order valence-electron chi connectivity index (χ3n) is 9.46. The largest absolute Gasteiger partial charge is 0.398 e. The second-order valence-corrected chi connectivity index (χ2v) is 11.8. The molecule has 2 nitrogen and oxygen atoms in total. The summed E-state index contributed by atoms with van der Waals surface area (Å²) in [6, 6.07) is 16.3. The van der Waals surface area contributed by atoms with Gasteiger partial charge in [-0.15, -0.1) is 0 Å². The Morgan fingerprint density at radius 1 is 0.786 bits per heavy atom. The topological polar surface area (TPSA) is 27.0 Å². The number of nitriles is 1. The van der Waals surface area contributed by atoms with Crippen LogP contribution in [0.2, 0.25) is 0 Å². The quantitative estimate of drug-likeness (QED) is 0.229. The van der Waals surface area contributed by atoms with Crippen molar-refractivity contribution in [3.05, 3.63) is 70.8 Å². The van der Waals surface area contributed by atoms with Crippen molar-refractivity contribution in [2.45, 2.75) is 121 Å². The Labute approximate surface area is 247 Å². The van der Waals surface area contributed by atoms with E-state index in [0.29, 0.717) is 24.8 Å². The maximum atomic E-state index is 14.5. The minimum Gasteiger partial charge on any atom is -0.300 e. The molecule has 42 heavy (non-hydrogen) atoms. The summed E-state index contributed by atoms with van der Waals surface area (Å²) in [7, 11) is 0. The van der Waals surface area contributed by atoms with Gasteiger partial charge in [0.25, 0.3) is 0 Å². The van der Waals surface area contributed by atoms with E-state index in [1.54, 1.807) is 6.07 Å². The van der Waals surface area contributed by atoms with E-state index in [0.717, 1.165) is 32.4 Å². The van der Waals surface area contributed by atoms with E-state index in [-0.39, 0.29) is 49.3 Å². The van der Waals surface area contributed by atoms with E-state index in [4.69, 9.17) is 5.26 Å². The van der Waals surface area contributed by atoms with Crippen LogP contribution in [0.15, 0.2) is 48.5 Å². The molecule has 0 saturated heterocycles. The van der Waals surface area contributed by atoms with Crippen LogP contribution in [0, 0.1) is 11.3 Å². The minimum absolute atomic E-state index is 0.0534. The van der Waals surface area contributed by atoms with Crippen LogP contribution in [0.4, 0.5) is 26.3 Å². The van der Waals surface area contributed by atoms with E-state index >= 15 is 0 Å². The molecule has 1 unspecified atom stereocenters. The maximum Gasteiger partial charge on any atom is 0.398 e. The lowest BCUT2D eigenvalue weighted by Crippen LogP contribution is -2.51. The second-order valence-electron chi connectivity index (χ2n) is 11.8. The monoisotopic (exact) mass is 594 g/mol. The highest BCUT2D eigenvalue weighted by Crippen LogP contribution is 2.59. The summed E-state index contributed by atoms with van der Waals surface area (Å²) in [5, 5.41) is 7.32. The first-order chi connectivity index (χ1) is 19.9. The summed E-state index contributed by atoms with van der Waals surface area (Å²) in [6.45, 7) is 7.25. The van der Waals surface area contributed by atoms with Gasteiger partial charge in [0.15, 0.2) is 0 Å². The molecule has 8 heteroatoms. The van der Waals surface area contributed by atoms with Gasteiger partial charge in [0.2, 0.25) is 0 Å². The fourth-order valence-electron chi connectivity index (χ4n) is 6.86. The van der Waals surface area contributed by atoms with Crippen molar-refractivity contribution >= 4 is 0 Å². The first kappa shape index (κ1) is 34.0. The van der Waals surface area contributed by atoms with Crippen molar-refractivity contribution in [2.75, 3.05) is 13.1 Å². The summed E-state index contributed by atoms with van der Waals surface area (Å²) < 4.78 is 87.0. The zero-order valence-corrected chi connectivity index (χ0v) is 25.1. The van der Waals surface area contributed by atoms with Crippen molar-refractivity contribution in [3.63, 3.8) is 0 Å². The third kappa shape index (κ3) is 6.98. The van der Waals surface area contributed by atoms with Gasteiger partial charge < -0.3 is 4.90 Å². The molecule has 2 aromatic carbocycles. The van der Waals surface area contributed by atoms with Crippen molar-refractivity contribution < 1.29 is 26.3 Å². The van der Waals surface area contributed by atoms with E-state index in [1.165, 1.54) is 30.7 Å². The first-order valence-electron chi connectivity index (χ1n) is 15.3. The zero-order chi connectivity index (χ0) is 31.0. The third-order valence-corrected chi connectivity index (χ3v) is 9.46. The molecule has 2 saturated carbocycles. The molecule has 0 amide bonds. The molecule has 0 aliphatic heterocycles. The van der Waals surface area contributed by atoms with Gasteiger partial charge in [-0.1, -0.05) is 75.2 Å². The average molecular weight is 595 g/mol. The molecule has 232 valence electrons. The Bertz CT molecular complexity index is 1110. The van der Waals surface area contributed by atoms with Crippen molar-refractivity contribution in [1.82, 2.24) is 4.90 Å². The molecule has 4 rings (SSSR count). The van der Waals surface area contributed by atoms with Crippen LogP contribution in [-0.2, 0) is 23.7 Å². The smallest absolute Gasteiger partial charge is 0.300 e. The lowest BCUT2D eigenvalue weighted by Gasteiger charge is -2.48. The molecule has 0 heterocycles. The van der Waals surface area contributed by atoms with E-state index in [9.17, 15) is 26.3 Å². The number of rotatable bonds is 12. The number of nitrogens with zero attached hydrogens (tertiary/aromatic N) is 2. The highest BCUT2D eigenvalue weighted by atomic mass is 19.4. The Morgan fingerprint density at radius 2 is 1.29 bits per heavy atom. The number of benzene rings is 2. The summed E-state index contributed by atoms with van der Waals surface area (Å²) in [6.07, 6.45) is -4.97. The Kier molecular flexibility index (Phi) is 11.6.